The zero-order chi connectivity index (χ0) is 24.9. The van der Waals surface area contributed by atoms with E-state index in [4.69, 9.17) is 4.42 Å². The van der Waals surface area contributed by atoms with Gasteiger partial charge >= 0.3 is 0 Å². The fourth-order valence-electron chi connectivity index (χ4n) is 4.45. The molecule has 2 heterocycles. The van der Waals surface area contributed by atoms with Crippen LogP contribution in [0.25, 0.3) is 11.0 Å². The second kappa shape index (κ2) is 10.7. The molecule has 0 spiro atoms. The smallest absolute Gasteiger partial charge is 0.223 e. The fraction of sp³-hybridized carbons (Fsp3) is 0.571. The number of rotatable bonds is 11. The van der Waals surface area contributed by atoms with Gasteiger partial charge in [0.2, 0.25) is 5.91 Å². The number of carbonyl (C=O) groups excluding carboxylic acids is 1. The summed E-state index contributed by atoms with van der Waals surface area (Å²) in [6, 6.07) is 8.37. The molecule has 0 radical (unpaired) electrons. The van der Waals surface area contributed by atoms with E-state index in [1.54, 1.807) is 6.26 Å². The molecule has 0 aliphatic carbocycles. The number of furan rings is 1. The van der Waals surface area contributed by atoms with Gasteiger partial charge in [-0.25, -0.2) is 4.98 Å². The van der Waals surface area contributed by atoms with Crippen molar-refractivity contribution in [1.29, 1.82) is 0 Å². The van der Waals surface area contributed by atoms with Crippen molar-refractivity contribution in [3.63, 3.8) is 0 Å². The van der Waals surface area contributed by atoms with Crippen molar-refractivity contribution in [3.8, 4) is 0 Å². The molecule has 0 saturated carbocycles. The number of carbonyl (C=O) groups is 1. The van der Waals surface area contributed by atoms with E-state index in [1.165, 1.54) is 5.69 Å². The molecule has 2 aromatic heterocycles. The summed E-state index contributed by atoms with van der Waals surface area (Å²) in [5.74, 6) is 0.680. The minimum absolute atomic E-state index is 0.0205. The number of hydrogen-bond acceptors (Lipinski definition) is 4. The van der Waals surface area contributed by atoms with Gasteiger partial charge in [-0.2, -0.15) is 0 Å². The topological polar surface area (TPSA) is 54.5 Å². The van der Waals surface area contributed by atoms with Crippen LogP contribution in [-0.2, 0) is 11.3 Å². The summed E-state index contributed by atoms with van der Waals surface area (Å²) in [5.41, 5.74) is 1.95. The van der Waals surface area contributed by atoms with Gasteiger partial charge in [-0.15, -0.1) is 0 Å². The Bertz CT molecular complexity index is 1040. The van der Waals surface area contributed by atoms with Gasteiger partial charge in [0, 0.05) is 62.6 Å². The van der Waals surface area contributed by atoms with E-state index in [9.17, 15) is 4.79 Å². The minimum atomic E-state index is -0.0945. The minimum Gasteiger partial charge on any atom is -0.464 e. The Balaban J connectivity index is 1.80. The molecule has 6 nitrogen and oxygen atoms in total. The predicted octanol–water partition coefficient (Wildman–Crippen LogP) is 6.08. The normalized spacial score (nSPS) is 12.5. The molecule has 3 aromatic rings. The zero-order valence-electron chi connectivity index (χ0n) is 22.0. The van der Waals surface area contributed by atoms with Crippen molar-refractivity contribution >= 4 is 22.6 Å². The van der Waals surface area contributed by atoms with Crippen molar-refractivity contribution in [1.82, 2.24) is 14.5 Å². The first-order valence-corrected chi connectivity index (χ1v) is 12.4. The van der Waals surface area contributed by atoms with Crippen molar-refractivity contribution in [2.24, 2.45) is 16.7 Å². The van der Waals surface area contributed by atoms with Crippen LogP contribution in [0.3, 0.4) is 0 Å². The third-order valence-corrected chi connectivity index (χ3v) is 5.85. The Labute approximate surface area is 204 Å². The first-order chi connectivity index (χ1) is 15.9. The number of imidazole rings is 1. The average Bonchev–Trinajstić information content (AvgIpc) is 3.39. The summed E-state index contributed by atoms with van der Waals surface area (Å²) in [6.07, 6.45) is 7.98. The standard InChI is InChI=1S/C28H42N4O2/c1-22(2)18-32(26(33)17-27(3,4)5)20-28(6,7)19-31(14-13-30-12-11-29-21-30)24-8-9-25-23(16-24)10-15-34-25/h8-12,15-16,21-22H,13-14,17-20H2,1-7H3. The predicted molar refractivity (Wildman–Crippen MR) is 140 cm³/mol. The van der Waals surface area contributed by atoms with Crippen LogP contribution in [0.4, 0.5) is 5.69 Å². The molecule has 1 amide bonds. The Kier molecular flexibility index (Phi) is 8.11. The Morgan fingerprint density at radius 3 is 2.53 bits per heavy atom. The maximum absolute atomic E-state index is 13.2. The molecular weight excluding hydrogens is 424 g/mol. The van der Waals surface area contributed by atoms with Crippen LogP contribution >= 0.6 is 0 Å². The molecule has 0 saturated heterocycles. The Morgan fingerprint density at radius 2 is 1.88 bits per heavy atom. The SMILES string of the molecule is CC(C)CN(CC(C)(C)CN(CCn1ccnc1)c1ccc2occc2c1)C(=O)CC(C)(C)C. The highest BCUT2D eigenvalue weighted by Gasteiger charge is 2.30. The quantitative estimate of drug-likeness (QED) is 0.343. The van der Waals surface area contributed by atoms with Crippen LogP contribution in [0.2, 0.25) is 0 Å². The van der Waals surface area contributed by atoms with Crippen LogP contribution in [0, 0.1) is 16.7 Å². The first-order valence-electron chi connectivity index (χ1n) is 12.4. The number of aromatic nitrogens is 2. The molecule has 6 heteroatoms. The molecule has 0 unspecified atom stereocenters. The number of benzene rings is 1. The molecule has 0 atom stereocenters. The maximum atomic E-state index is 13.2. The zero-order valence-corrected chi connectivity index (χ0v) is 22.0. The third-order valence-electron chi connectivity index (χ3n) is 5.85. The first kappa shape index (κ1) is 25.9. The Morgan fingerprint density at radius 1 is 1.12 bits per heavy atom. The van der Waals surface area contributed by atoms with Crippen LogP contribution in [0.15, 0.2) is 53.7 Å². The van der Waals surface area contributed by atoms with Gasteiger partial charge in [0.15, 0.2) is 0 Å². The second-order valence-corrected chi connectivity index (χ2v) is 11.9. The lowest BCUT2D eigenvalue weighted by Gasteiger charge is -2.39. The average molecular weight is 467 g/mol. The van der Waals surface area contributed by atoms with E-state index in [2.05, 4.69) is 79.9 Å². The van der Waals surface area contributed by atoms with Crippen LogP contribution in [-0.4, -0.2) is 46.5 Å². The summed E-state index contributed by atoms with van der Waals surface area (Å²) in [4.78, 5) is 21.9. The van der Waals surface area contributed by atoms with Gasteiger partial charge < -0.3 is 18.8 Å². The van der Waals surface area contributed by atoms with E-state index in [0.29, 0.717) is 12.3 Å². The van der Waals surface area contributed by atoms with Crippen LogP contribution in [0.5, 0.6) is 0 Å². The summed E-state index contributed by atoms with van der Waals surface area (Å²) in [6.45, 7) is 19.3. The van der Waals surface area contributed by atoms with Gasteiger partial charge in [-0.3, -0.25) is 4.79 Å². The summed E-state index contributed by atoms with van der Waals surface area (Å²) < 4.78 is 7.66. The lowest BCUT2D eigenvalue weighted by Crippen LogP contribution is -2.47. The Hall–Kier alpha value is -2.76. The van der Waals surface area contributed by atoms with Gasteiger partial charge in [0.05, 0.1) is 12.6 Å². The van der Waals surface area contributed by atoms with Gasteiger partial charge in [-0.05, 0) is 41.0 Å². The number of amides is 1. The third kappa shape index (κ3) is 7.64. The molecular formula is C28H42N4O2. The van der Waals surface area contributed by atoms with E-state index >= 15 is 0 Å². The van der Waals surface area contributed by atoms with Crippen molar-refractivity contribution in [2.45, 2.75) is 61.4 Å². The molecule has 1 aromatic carbocycles. The van der Waals surface area contributed by atoms with Crippen LogP contribution in [0.1, 0.15) is 54.9 Å². The summed E-state index contributed by atoms with van der Waals surface area (Å²) >= 11 is 0. The van der Waals surface area contributed by atoms with Gasteiger partial charge in [0.25, 0.3) is 0 Å². The van der Waals surface area contributed by atoms with Crippen molar-refractivity contribution < 1.29 is 9.21 Å². The number of fused-ring (bicyclic) bond motifs is 1. The van der Waals surface area contributed by atoms with E-state index in [-0.39, 0.29) is 16.7 Å². The lowest BCUT2D eigenvalue weighted by molar-refractivity contribution is -0.135. The number of nitrogens with zero attached hydrogens (tertiary/aromatic N) is 4. The summed E-state index contributed by atoms with van der Waals surface area (Å²) in [7, 11) is 0. The second-order valence-electron chi connectivity index (χ2n) is 11.9. The fourth-order valence-corrected chi connectivity index (χ4v) is 4.45. The van der Waals surface area contributed by atoms with Gasteiger partial charge in [-0.1, -0.05) is 48.5 Å². The molecule has 0 bridgehead atoms. The van der Waals surface area contributed by atoms with E-state index in [0.717, 1.165) is 43.7 Å². The largest absolute Gasteiger partial charge is 0.464 e. The number of anilines is 1. The molecule has 34 heavy (non-hydrogen) atoms. The molecule has 0 aliphatic heterocycles. The van der Waals surface area contributed by atoms with E-state index < -0.39 is 0 Å². The van der Waals surface area contributed by atoms with Gasteiger partial charge in [0.1, 0.15) is 5.58 Å². The number of hydrogen-bond donors (Lipinski definition) is 0. The van der Waals surface area contributed by atoms with Crippen molar-refractivity contribution in [2.75, 3.05) is 31.1 Å². The van der Waals surface area contributed by atoms with Crippen LogP contribution < -0.4 is 4.90 Å². The molecule has 0 aliphatic rings. The molecule has 0 fully saturated rings. The van der Waals surface area contributed by atoms with E-state index in [1.807, 2.05) is 30.9 Å². The monoisotopic (exact) mass is 466 g/mol. The molecule has 0 N–H and O–H groups in total. The summed E-state index contributed by atoms with van der Waals surface area (Å²) in [5, 5.41) is 1.10. The molecule has 3 rings (SSSR count). The maximum Gasteiger partial charge on any atom is 0.223 e. The highest BCUT2D eigenvalue weighted by molar-refractivity contribution is 5.81. The highest BCUT2D eigenvalue weighted by atomic mass is 16.3. The molecule has 186 valence electrons. The van der Waals surface area contributed by atoms with Crippen molar-refractivity contribution in [3.05, 3.63) is 49.2 Å². The highest BCUT2D eigenvalue weighted by Crippen LogP contribution is 2.28. The lowest BCUT2D eigenvalue weighted by atomic mass is 9.88.